The summed E-state index contributed by atoms with van der Waals surface area (Å²) >= 11 is 0. The number of hydrogen-bond acceptors (Lipinski definition) is 2. The van der Waals surface area contributed by atoms with Crippen molar-refractivity contribution in [1.29, 1.82) is 0 Å². The van der Waals surface area contributed by atoms with Crippen molar-refractivity contribution in [3.05, 3.63) is 35.9 Å². The predicted molar refractivity (Wildman–Crippen MR) is 112 cm³/mol. The zero-order valence-corrected chi connectivity index (χ0v) is 17.0. The molecule has 1 fully saturated rings. The molecule has 1 aliphatic heterocycles. The van der Waals surface area contributed by atoms with Crippen LogP contribution in [0.1, 0.15) is 90.0 Å². The molecule has 0 amide bonds. The van der Waals surface area contributed by atoms with Crippen molar-refractivity contribution in [1.82, 2.24) is 0 Å². The van der Waals surface area contributed by atoms with Crippen LogP contribution < -0.4 is 4.74 Å². The number of ether oxygens (including phenoxy) is 2. The van der Waals surface area contributed by atoms with Crippen molar-refractivity contribution in [2.24, 2.45) is 0 Å². The van der Waals surface area contributed by atoms with Gasteiger partial charge < -0.3 is 9.47 Å². The van der Waals surface area contributed by atoms with Crippen LogP contribution in [-0.2, 0) is 4.74 Å². The predicted octanol–water partition coefficient (Wildman–Crippen LogP) is 7.18. The average Bonchev–Trinajstić information content (AvgIpc) is 3.39. The van der Waals surface area contributed by atoms with E-state index in [2.05, 4.69) is 44.2 Å². The zero-order valence-electron chi connectivity index (χ0n) is 17.0. The Hall–Kier alpha value is -1.28. The van der Waals surface area contributed by atoms with E-state index < -0.39 is 0 Å². The van der Waals surface area contributed by atoms with E-state index in [-0.39, 0.29) is 5.60 Å². The Bertz CT molecular complexity index is 517. The molecule has 1 atom stereocenters. The number of epoxide rings is 1. The summed E-state index contributed by atoms with van der Waals surface area (Å²) in [5.41, 5.74) is 1.16. The summed E-state index contributed by atoms with van der Waals surface area (Å²) in [6, 6.07) is 8.33. The fourth-order valence-corrected chi connectivity index (χ4v) is 3.12. The number of unbranched alkanes of at least 4 members (excludes halogenated alkanes) is 10. The Morgan fingerprint density at radius 3 is 2.31 bits per heavy atom. The zero-order chi connectivity index (χ0) is 18.5. The molecule has 1 unspecified atom stereocenters. The van der Waals surface area contributed by atoms with Crippen LogP contribution in [0.2, 0.25) is 0 Å². The van der Waals surface area contributed by atoms with E-state index in [1.165, 1.54) is 76.2 Å². The van der Waals surface area contributed by atoms with Crippen LogP contribution in [-0.4, -0.2) is 18.8 Å². The van der Waals surface area contributed by atoms with Crippen LogP contribution in [0.15, 0.2) is 30.3 Å². The van der Waals surface area contributed by atoms with Gasteiger partial charge in [0.2, 0.25) is 0 Å². The second-order valence-electron chi connectivity index (χ2n) is 7.97. The van der Waals surface area contributed by atoms with E-state index in [1.54, 1.807) is 0 Å². The highest BCUT2D eigenvalue weighted by Crippen LogP contribution is 2.27. The van der Waals surface area contributed by atoms with Crippen molar-refractivity contribution >= 4 is 6.08 Å². The van der Waals surface area contributed by atoms with Gasteiger partial charge in [-0.05, 0) is 37.5 Å². The molecule has 0 saturated carbocycles. The fourth-order valence-electron chi connectivity index (χ4n) is 3.12. The Morgan fingerprint density at radius 2 is 1.65 bits per heavy atom. The maximum atomic E-state index is 5.83. The van der Waals surface area contributed by atoms with E-state index in [1.807, 2.05) is 6.07 Å². The van der Waals surface area contributed by atoms with Gasteiger partial charge in [-0.25, -0.2) is 0 Å². The van der Waals surface area contributed by atoms with Crippen molar-refractivity contribution in [2.75, 3.05) is 13.2 Å². The summed E-state index contributed by atoms with van der Waals surface area (Å²) in [6.45, 7) is 5.82. The third-order valence-electron chi connectivity index (χ3n) is 5.07. The molecule has 2 rings (SSSR count). The molecule has 0 N–H and O–H groups in total. The Kier molecular flexibility index (Phi) is 9.84. The number of benzene rings is 1. The van der Waals surface area contributed by atoms with Gasteiger partial charge in [-0.1, -0.05) is 89.0 Å². The Morgan fingerprint density at radius 1 is 1.00 bits per heavy atom. The minimum Gasteiger partial charge on any atom is -0.490 e. The van der Waals surface area contributed by atoms with E-state index in [0.29, 0.717) is 6.61 Å². The van der Waals surface area contributed by atoms with E-state index in [9.17, 15) is 0 Å². The molecule has 0 spiro atoms. The average molecular weight is 359 g/mol. The molecule has 146 valence electrons. The van der Waals surface area contributed by atoms with Gasteiger partial charge in [0.25, 0.3) is 0 Å². The molecule has 1 aliphatic rings. The van der Waals surface area contributed by atoms with E-state index >= 15 is 0 Å². The number of hydrogen-bond donors (Lipinski definition) is 0. The maximum absolute atomic E-state index is 5.83. The van der Waals surface area contributed by atoms with Crippen molar-refractivity contribution < 1.29 is 9.47 Å². The normalized spacial score (nSPS) is 19.2. The lowest BCUT2D eigenvalue weighted by Gasteiger charge is -2.09. The summed E-state index contributed by atoms with van der Waals surface area (Å²) in [6.07, 6.45) is 19.7. The minimum absolute atomic E-state index is 0.0542. The molecule has 2 heteroatoms. The molecule has 0 aromatic heterocycles. The summed E-state index contributed by atoms with van der Waals surface area (Å²) in [5.74, 6) is 0.933. The van der Waals surface area contributed by atoms with Crippen LogP contribution in [0, 0.1) is 0 Å². The molecule has 0 bridgehead atoms. The molecule has 1 heterocycles. The van der Waals surface area contributed by atoms with Gasteiger partial charge in [0.15, 0.2) is 0 Å². The lowest BCUT2D eigenvalue weighted by atomic mass is 10.1. The largest absolute Gasteiger partial charge is 0.490 e. The molecule has 0 aliphatic carbocycles. The molecule has 26 heavy (non-hydrogen) atoms. The summed E-state index contributed by atoms with van der Waals surface area (Å²) in [5, 5.41) is 0. The van der Waals surface area contributed by atoms with Gasteiger partial charge in [-0.3, -0.25) is 0 Å². The van der Waals surface area contributed by atoms with Crippen LogP contribution in [0.5, 0.6) is 5.75 Å². The van der Waals surface area contributed by atoms with Crippen LogP contribution in [0.3, 0.4) is 0 Å². The first-order valence-corrected chi connectivity index (χ1v) is 10.8. The quantitative estimate of drug-likeness (QED) is 0.245. The lowest BCUT2D eigenvalue weighted by molar-refractivity contribution is 0.202. The van der Waals surface area contributed by atoms with Crippen LogP contribution >= 0.6 is 0 Å². The van der Waals surface area contributed by atoms with Gasteiger partial charge in [-0.2, -0.15) is 0 Å². The third kappa shape index (κ3) is 9.43. The molecule has 0 radical (unpaired) electrons. The van der Waals surface area contributed by atoms with Gasteiger partial charge in [0.1, 0.15) is 18.0 Å². The maximum Gasteiger partial charge on any atom is 0.123 e. The molecule has 2 nitrogen and oxygen atoms in total. The van der Waals surface area contributed by atoms with Crippen LogP contribution in [0.25, 0.3) is 6.08 Å². The number of allylic oxidation sites excluding steroid dienone is 1. The monoisotopic (exact) mass is 358 g/mol. The summed E-state index contributed by atoms with van der Waals surface area (Å²) < 4.78 is 11.2. The highest BCUT2D eigenvalue weighted by Gasteiger charge is 2.40. The van der Waals surface area contributed by atoms with Crippen molar-refractivity contribution in [3.8, 4) is 5.75 Å². The smallest absolute Gasteiger partial charge is 0.123 e. The van der Waals surface area contributed by atoms with Crippen molar-refractivity contribution in [2.45, 2.75) is 90.1 Å². The van der Waals surface area contributed by atoms with Gasteiger partial charge >= 0.3 is 0 Å². The lowest BCUT2D eigenvalue weighted by Crippen LogP contribution is -2.16. The molecule has 1 aromatic carbocycles. The summed E-state index contributed by atoms with van der Waals surface area (Å²) in [4.78, 5) is 0. The molecule has 1 saturated heterocycles. The van der Waals surface area contributed by atoms with E-state index in [0.717, 1.165) is 12.4 Å². The van der Waals surface area contributed by atoms with Crippen LogP contribution in [0.4, 0.5) is 0 Å². The first-order chi connectivity index (χ1) is 12.7. The SMILES string of the molecule is CCCCCCCCCCCC/C=C/c1cccc(OCC2(C)CO2)c1. The number of rotatable bonds is 15. The summed E-state index contributed by atoms with van der Waals surface area (Å²) in [7, 11) is 0. The first kappa shape index (κ1) is 21.0. The topological polar surface area (TPSA) is 21.8 Å². The Balaban J connectivity index is 1.49. The van der Waals surface area contributed by atoms with Gasteiger partial charge in [0, 0.05) is 0 Å². The highest BCUT2D eigenvalue weighted by atomic mass is 16.6. The minimum atomic E-state index is -0.0542. The second-order valence-corrected chi connectivity index (χ2v) is 7.97. The fraction of sp³-hybridized carbons (Fsp3) is 0.667. The van der Waals surface area contributed by atoms with Crippen molar-refractivity contribution in [3.63, 3.8) is 0 Å². The first-order valence-electron chi connectivity index (χ1n) is 10.8. The second kappa shape index (κ2) is 12.2. The van der Waals surface area contributed by atoms with Gasteiger partial charge in [-0.15, -0.1) is 0 Å². The molecular weight excluding hydrogens is 320 g/mol. The Labute approximate surface area is 161 Å². The molecular formula is C24H38O2. The third-order valence-corrected chi connectivity index (χ3v) is 5.07. The molecule has 1 aromatic rings. The standard InChI is InChI=1S/C24H38O2/c1-3-4-5-6-7-8-9-10-11-12-13-14-16-22-17-15-18-23(19-22)25-20-24(2)21-26-24/h14-19H,3-13,20-21H2,1-2H3/b16-14+. The van der Waals surface area contributed by atoms with Gasteiger partial charge in [0.05, 0.1) is 6.61 Å². The van der Waals surface area contributed by atoms with E-state index in [4.69, 9.17) is 9.47 Å². The highest BCUT2D eigenvalue weighted by molar-refractivity contribution is 5.51.